The molecule has 2 heterocycles. The molecule has 41 heavy (non-hydrogen) atoms. The molecule has 8 heteroatoms. The minimum Gasteiger partial charge on any atom is -0.497 e. The summed E-state index contributed by atoms with van der Waals surface area (Å²) < 4.78 is 5.26. The van der Waals surface area contributed by atoms with Crippen molar-refractivity contribution in [2.75, 3.05) is 51.3 Å². The maximum Gasteiger partial charge on any atom is 0.254 e. The number of hydrogen-bond acceptors (Lipinski definition) is 6. The van der Waals surface area contributed by atoms with Crippen molar-refractivity contribution in [1.82, 2.24) is 20.0 Å². The van der Waals surface area contributed by atoms with Gasteiger partial charge in [0.05, 0.1) is 12.8 Å². The number of carbonyl (C=O) groups is 2. The van der Waals surface area contributed by atoms with Crippen LogP contribution in [-0.2, 0) is 4.79 Å². The number of piperazine rings is 1. The summed E-state index contributed by atoms with van der Waals surface area (Å²) in [6, 6.07) is 29.6. The van der Waals surface area contributed by atoms with Crippen molar-refractivity contribution in [2.45, 2.75) is 13.3 Å². The van der Waals surface area contributed by atoms with Crippen LogP contribution in [0.1, 0.15) is 23.7 Å². The maximum absolute atomic E-state index is 13.2. The van der Waals surface area contributed by atoms with Gasteiger partial charge in [-0.05, 0) is 47.9 Å². The Morgan fingerprint density at radius 2 is 1.51 bits per heavy atom. The molecule has 1 fully saturated rings. The van der Waals surface area contributed by atoms with E-state index in [0.29, 0.717) is 44.0 Å². The second-order valence-electron chi connectivity index (χ2n) is 10.0. The molecule has 0 bridgehead atoms. The monoisotopic (exact) mass is 549 g/mol. The topological polar surface area (TPSA) is 78.9 Å². The van der Waals surface area contributed by atoms with E-state index in [4.69, 9.17) is 4.74 Å². The molecule has 1 saturated heterocycles. The molecule has 0 radical (unpaired) electrons. The third-order valence-corrected chi connectivity index (χ3v) is 7.32. The van der Waals surface area contributed by atoms with Crippen molar-refractivity contribution in [3.05, 3.63) is 96.6 Å². The smallest absolute Gasteiger partial charge is 0.254 e. The molecular formula is C33H35N5O3. The van der Waals surface area contributed by atoms with Crippen molar-refractivity contribution in [3.63, 3.8) is 0 Å². The van der Waals surface area contributed by atoms with E-state index in [0.717, 1.165) is 29.1 Å². The van der Waals surface area contributed by atoms with E-state index < -0.39 is 0 Å². The number of nitrogens with zero attached hydrogens (tertiary/aromatic N) is 5. The molecule has 1 aliphatic heterocycles. The molecule has 0 N–H and O–H groups in total. The molecule has 0 aliphatic carbocycles. The average molecular weight is 550 g/mol. The Morgan fingerprint density at radius 1 is 0.805 bits per heavy atom. The van der Waals surface area contributed by atoms with Crippen molar-refractivity contribution in [1.29, 1.82) is 0 Å². The molecule has 0 unspecified atom stereocenters. The lowest BCUT2D eigenvalue weighted by atomic mass is 10.0. The molecule has 210 valence electrons. The van der Waals surface area contributed by atoms with E-state index in [-0.39, 0.29) is 18.4 Å². The zero-order valence-corrected chi connectivity index (χ0v) is 23.6. The van der Waals surface area contributed by atoms with E-state index in [9.17, 15) is 9.59 Å². The van der Waals surface area contributed by atoms with Gasteiger partial charge in [0, 0.05) is 43.9 Å². The fraction of sp³-hybridized carbons (Fsp3) is 0.273. The summed E-state index contributed by atoms with van der Waals surface area (Å²) in [6.45, 7) is 5.01. The summed E-state index contributed by atoms with van der Waals surface area (Å²) in [5.74, 6) is 1.20. The molecule has 0 atom stereocenters. The first-order chi connectivity index (χ1) is 20.1. The van der Waals surface area contributed by atoms with E-state index in [1.54, 1.807) is 36.3 Å². The van der Waals surface area contributed by atoms with Gasteiger partial charge in [-0.2, -0.15) is 0 Å². The lowest BCUT2D eigenvalue weighted by Gasteiger charge is -2.36. The molecule has 0 saturated carbocycles. The van der Waals surface area contributed by atoms with Gasteiger partial charge in [0.1, 0.15) is 12.3 Å². The van der Waals surface area contributed by atoms with Crippen LogP contribution < -0.4 is 9.64 Å². The number of hydrogen-bond donors (Lipinski definition) is 0. The summed E-state index contributed by atoms with van der Waals surface area (Å²) in [7, 11) is 1.57. The molecule has 1 aliphatic rings. The van der Waals surface area contributed by atoms with E-state index in [1.807, 2.05) is 42.2 Å². The van der Waals surface area contributed by atoms with Crippen LogP contribution in [-0.4, -0.2) is 78.2 Å². The predicted octanol–water partition coefficient (Wildman–Crippen LogP) is 5.02. The van der Waals surface area contributed by atoms with Crippen LogP contribution in [0.2, 0.25) is 0 Å². The summed E-state index contributed by atoms with van der Waals surface area (Å²) in [5.41, 5.74) is 4.69. The summed E-state index contributed by atoms with van der Waals surface area (Å²) in [4.78, 5) is 31.9. The van der Waals surface area contributed by atoms with Crippen LogP contribution in [0.5, 0.6) is 5.75 Å². The molecule has 1 aromatic heterocycles. The molecule has 8 nitrogen and oxygen atoms in total. The zero-order valence-electron chi connectivity index (χ0n) is 23.6. The number of methoxy groups -OCH3 is 1. The minimum atomic E-state index is -0.164. The molecular weight excluding hydrogens is 514 g/mol. The highest BCUT2D eigenvalue weighted by Crippen LogP contribution is 2.24. The normalized spacial score (nSPS) is 13.1. The Morgan fingerprint density at radius 3 is 2.17 bits per heavy atom. The van der Waals surface area contributed by atoms with Gasteiger partial charge in [0.25, 0.3) is 5.91 Å². The number of anilines is 1. The standard InChI is InChI=1S/C33H35N5O3/c1-3-18-38(33(40)28-10-7-11-29(23-28)41-2)24-32(39)37-21-19-36(20-22-37)31-17-16-30(34-35-31)27-14-12-26(13-15-27)25-8-5-4-6-9-25/h4-17,23H,3,18-22,24H2,1-2H3. The first-order valence-electron chi connectivity index (χ1n) is 14.0. The third-order valence-electron chi connectivity index (χ3n) is 7.32. The number of benzene rings is 3. The van der Waals surface area contributed by atoms with Gasteiger partial charge in [-0.15, -0.1) is 10.2 Å². The third kappa shape index (κ3) is 6.72. The first kappa shape index (κ1) is 27.8. The predicted molar refractivity (Wildman–Crippen MR) is 161 cm³/mol. The number of rotatable bonds is 9. The quantitative estimate of drug-likeness (QED) is 0.292. The van der Waals surface area contributed by atoms with Gasteiger partial charge in [-0.3, -0.25) is 9.59 Å². The van der Waals surface area contributed by atoms with Gasteiger partial charge in [0.15, 0.2) is 5.82 Å². The Hall–Kier alpha value is -4.72. The zero-order chi connectivity index (χ0) is 28.6. The Kier molecular flexibility index (Phi) is 8.89. The summed E-state index contributed by atoms with van der Waals surface area (Å²) in [6.07, 6.45) is 0.766. The summed E-state index contributed by atoms with van der Waals surface area (Å²) in [5, 5.41) is 8.96. The maximum atomic E-state index is 13.2. The number of amides is 2. The lowest BCUT2D eigenvalue weighted by Crippen LogP contribution is -2.52. The second-order valence-corrected chi connectivity index (χ2v) is 10.0. The van der Waals surface area contributed by atoms with Gasteiger partial charge in [-0.25, -0.2) is 0 Å². The Balaban J connectivity index is 1.16. The fourth-order valence-electron chi connectivity index (χ4n) is 5.02. The molecule has 2 amide bonds. The van der Waals surface area contributed by atoms with Crippen molar-refractivity contribution in [2.24, 2.45) is 0 Å². The SMILES string of the molecule is CCCN(CC(=O)N1CCN(c2ccc(-c3ccc(-c4ccccc4)cc3)nn2)CC1)C(=O)c1cccc(OC)c1. The van der Waals surface area contributed by atoms with Crippen LogP contribution in [0.25, 0.3) is 22.4 Å². The van der Waals surface area contributed by atoms with Crippen LogP contribution in [0.15, 0.2) is 91.0 Å². The molecule has 3 aromatic carbocycles. The van der Waals surface area contributed by atoms with E-state index >= 15 is 0 Å². The highest BCUT2D eigenvalue weighted by molar-refractivity contribution is 5.96. The van der Waals surface area contributed by atoms with Crippen molar-refractivity contribution >= 4 is 17.6 Å². The highest BCUT2D eigenvalue weighted by atomic mass is 16.5. The van der Waals surface area contributed by atoms with Gasteiger partial charge in [-0.1, -0.05) is 67.6 Å². The number of carbonyl (C=O) groups excluding carboxylic acids is 2. The fourth-order valence-corrected chi connectivity index (χ4v) is 5.02. The number of aromatic nitrogens is 2. The highest BCUT2D eigenvalue weighted by Gasteiger charge is 2.26. The minimum absolute atomic E-state index is 0.0465. The van der Waals surface area contributed by atoms with Gasteiger partial charge >= 0.3 is 0 Å². The molecule has 4 aromatic rings. The van der Waals surface area contributed by atoms with Crippen LogP contribution in [0.3, 0.4) is 0 Å². The molecule has 0 spiro atoms. The van der Waals surface area contributed by atoms with Crippen LogP contribution in [0.4, 0.5) is 5.82 Å². The van der Waals surface area contributed by atoms with Crippen LogP contribution in [0, 0.1) is 0 Å². The largest absolute Gasteiger partial charge is 0.497 e. The summed E-state index contributed by atoms with van der Waals surface area (Å²) >= 11 is 0. The lowest BCUT2D eigenvalue weighted by molar-refractivity contribution is -0.132. The second kappa shape index (κ2) is 13.1. The first-order valence-corrected chi connectivity index (χ1v) is 14.0. The van der Waals surface area contributed by atoms with Crippen LogP contribution >= 0.6 is 0 Å². The van der Waals surface area contributed by atoms with Gasteiger partial charge < -0.3 is 19.4 Å². The van der Waals surface area contributed by atoms with Crippen molar-refractivity contribution in [3.8, 4) is 28.1 Å². The van der Waals surface area contributed by atoms with Crippen molar-refractivity contribution < 1.29 is 14.3 Å². The number of ether oxygens (including phenoxy) is 1. The average Bonchev–Trinajstić information content (AvgIpc) is 3.05. The van der Waals surface area contributed by atoms with E-state index in [1.165, 1.54) is 5.56 Å². The van der Waals surface area contributed by atoms with Gasteiger partial charge in [0.2, 0.25) is 5.91 Å². The van der Waals surface area contributed by atoms with E-state index in [2.05, 4.69) is 51.5 Å². The Labute approximate surface area is 241 Å². The molecule has 5 rings (SSSR count). The Bertz CT molecular complexity index is 1450.